The number of hydrogen-bond acceptors (Lipinski definition) is 4. The molecule has 3 aromatic rings. The van der Waals surface area contributed by atoms with E-state index < -0.39 is 0 Å². The van der Waals surface area contributed by atoms with Gasteiger partial charge in [-0.2, -0.15) is 0 Å². The van der Waals surface area contributed by atoms with Gasteiger partial charge in [0.15, 0.2) is 5.75 Å². The number of benzene rings is 1. The lowest BCUT2D eigenvalue weighted by molar-refractivity contribution is 0.414. The average molecular weight is 279 g/mol. The first-order valence-electron chi connectivity index (χ1n) is 6.85. The summed E-state index contributed by atoms with van der Waals surface area (Å²) in [6.07, 6.45) is 3.56. The van der Waals surface area contributed by atoms with Gasteiger partial charge in [0.1, 0.15) is 0 Å². The number of anilines is 1. The van der Waals surface area contributed by atoms with Gasteiger partial charge < -0.3 is 10.1 Å². The van der Waals surface area contributed by atoms with Crippen LogP contribution in [0.25, 0.3) is 10.9 Å². The number of rotatable bonds is 4. The van der Waals surface area contributed by atoms with E-state index in [1.165, 1.54) is 0 Å². The standard InChI is InChI=1S/C17H17N3O/c1-12-9-15(16(21-2)11-19-12)20-10-14-6-3-5-13-7-4-8-18-17(13)14/h3-9,11H,10H2,1-2H3,(H,19,20). The van der Waals surface area contributed by atoms with Gasteiger partial charge in [-0.25, -0.2) is 0 Å². The highest BCUT2D eigenvalue weighted by Crippen LogP contribution is 2.25. The number of aromatic nitrogens is 2. The lowest BCUT2D eigenvalue weighted by Crippen LogP contribution is -2.03. The Labute approximate surface area is 123 Å². The number of para-hydroxylation sites is 1. The van der Waals surface area contributed by atoms with Crippen molar-refractivity contribution < 1.29 is 4.74 Å². The normalized spacial score (nSPS) is 10.6. The molecule has 3 rings (SSSR count). The van der Waals surface area contributed by atoms with Crippen molar-refractivity contribution in [2.45, 2.75) is 13.5 Å². The van der Waals surface area contributed by atoms with Crippen LogP contribution in [0.15, 0.2) is 48.8 Å². The second kappa shape index (κ2) is 5.79. The van der Waals surface area contributed by atoms with E-state index in [-0.39, 0.29) is 0 Å². The molecule has 4 nitrogen and oxygen atoms in total. The van der Waals surface area contributed by atoms with Crippen molar-refractivity contribution in [3.63, 3.8) is 0 Å². The van der Waals surface area contributed by atoms with Crippen molar-refractivity contribution in [3.8, 4) is 5.75 Å². The summed E-state index contributed by atoms with van der Waals surface area (Å²) in [5, 5.41) is 4.56. The number of ether oxygens (including phenoxy) is 1. The smallest absolute Gasteiger partial charge is 0.160 e. The maximum atomic E-state index is 5.34. The van der Waals surface area contributed by atoms with E-state index in [2.05, 4.69) is 39.6 Å². The molecular formula is C17H17N3O. The third-order valence-corrected chi connectivity index (χ3v) is 3.41. The highest BCUT2D eigenvalue weighted by molar-refractivity contribution is 5.81. The number of nitrogens with zero attached hydrogens (tertiary/aromatic N) is 2. The molecule has 0 bridgehead atoms. The van der Waals surface area contributed by atoms with Crippen molar-refractivity contribution in [1.29, 1.82) is 0 Å². The average Bonchev–Trinajstić information content (AvgIpc) is 2.53. The predicted molar refractivity (Wildman–Crippen MR) is 84.6 cm³/mol. The molecule has 0 saturated heterocycles. The van der Waals surface area contributed by atoms with E-state index in [9.17, 15) is 0 Å². The Hall–Kier alpha value is -2.62. The van der Waals surface area contributed by atoms with Crippen LogP contribution < -0.4 is 10.1 Å². The number of aryl methyl sites for hydroxylation is 1. The summed E-state index contributed by atoms with van der Waals surface area (Å²) in [4.78, 5) is 8.71. The molecule has 0 aliphatic heterocycles. The molecule has 0 aliphatic carbocycles. The molecule has 4 heteroatoms. The largest absolute Gasteiger partial charge is 0.493 e. The second-order valence-electron chi connectivity index (χ2n) is 4.87. The Bertz CT molecular complexity index is 766. The number of hydrogen-bond donors (Lipinski definition) is 1. The zero-order valence-corrected chi connectivity index (χ0v) is 12.1. The molecule has 0 fully saturated rings. The molecule has 0 saturated carbocycles. The molecule has 0 unspecified atom stereocenters. The van der Waals surface area contributed by atoms with Gasteiger partial charge in [0, 0.05) is 23.8 Å². The zero-order chi connectivity index (χ0) is 14.7. The number of fused-ring (bicyclic) bond motifs is 1. The van der Waals surface area contributed by atoms with Gasteiger partial charge in [-0.3, -0.25) is 9.97 Å². The van der Waals surface area contributed by atoms with E-state index >= 15 is 0 Å². The summed E-state index contributed by atoms with van der Waals surface area (Å²) in [6, 6.07) is 12.2. The van der Waals surface area contributed by atoms with E-state index in [0.717, 1.165) is 33.6 Å². The Balaban J connectivity index is 1.89. The summed E-state index contributed by atoms with van der Waals surface area (Å²) < 4.78 is 5.34. The molecule has 106 valence electrons. The number of pyridine rings is 2. The molecule has 0 amide bonds. The van der Waals surface area contributed by atoms with Gasteiger partial charge >= 0.3 is 0 Å². The van der Waals surface area contributed by atoms with Crippen molar-refractivity contribution in [1.82, 2.24) is 9.97 Å². The van der Waals surface area contributed by atoms with Gasteiger partial charge in [0.2, 0.25) is 0 Å². The Morgan fingerprint density at radius 2 is 2.00 bits per heavy atom. The monoisotopic (exact) mass is 279 g/mol. The molecule has 0 radical (unpaired) electrons. The molecule has 2 heterocycles. The third-order valence-electron chi connectivity index (χ3n) is 3.41. The minimum Gasteiger partial charge on any atom is -0.493 e. The third kappa shape index (κ3) is 2.79. The summed E-state index contributed by atoms with van der Waals surface area (Å²) in [5.74, 6) is 0.744. The molecule has 2 aromatic heterocycles. The fourth-order valence-corrected chi connectivity index (χ4v) is 2.35. The van der Waals surface area contributed by atoms with Crippen LogP contribution in [0, 0.1) is 6.92 Å². The molecule has 1 N–H and O–H groups in total. The fraction of sp³-hybridized carbons (Fsp3) is 0.176. The van der Waals surface area contributed by atoms with Gasteiger partial charge in [-0.15, -0.1) is 0 Å². The molecule has 0 aliphatic rings. The van der Waals surface area contributed by atoms with Crippen LogP contribution in [0.2, 0.25) is 0 Å². The maximum Gasteiger partial charge on any atom is 0.160 e. The second-order valence-corrected chi connectivity index (χ2v) is 4.87. The van der Waals surface area contributed by atoms with Crippen LogP contribution in [-0.4, -0.2) is 17.1 Å². The summed E-state index contributed by atoms with van der Waals surface area (Å²) >= 11 is 0. The highest BCUT2D eigenvalue weighted by Gasteiger charge is 2.06. The topological polar surface area (TPSA) is 47.0 Å². The van der Waals surface area contributed by atoms with Gasteiger partial charge in [0.25, 0.3) is 0 Å². The van der Waals surface area contributed by atoms with Gasteiger partial charge in [0.05, 0.1) is 24.5 Å². The van der Waals surface area contributed by atoms with Crippen LogP contribution in [0.1, 0.15) is 11.3 Å². The lowest BCUT2D eigenvalue weighted by atomic mass is 10.1. The fourth-order valence-electron chi connectivity index (χ4n) is 2.35. The Kier molecular flexibility index (Phi) is 3.69. The summed E-state index contributed by atoms with van der Waals surface area (Å²) in [7, 11) is 1.65. The lowest BCUT2D eigenvalue weighted by Gasteiger charge is -2.12. The minimum absolute atomic E-state index is 0.689. The van der Waals surface area contributed by atoms with E-state index in [1.54, 1.807) is 13.3 Å². The quantitative estimate of drug-likeness (QED) is 0.793. The highest BCUT2D eigenvalue weighted by atomic mass is 16.5. The van der Waals surface area contributed by atoms with Crippen molar-refractivity contribution in [3.05, 3.63) is 60.0 Å². The Morgan fingerprint density at radius 1 is 1.14 bits per heavy atom. The molecule has 21 heavy (non-hydrogen) atoms. The zero-order valence-electron chi connectivity index (χ0n) is 12.1. The SMILES string of the molecule is COc1cnc(C)cc1NCc1cccc2cccnc12. The first-order chi connectivity index (χ1) is 10.3. The first kappa shape index (κ1) is 13.4. The van der Waals surface area contributed by atoms with Gasteiger partial charge in [-0.1, -0.05) is 24.3 Å². The van der Waals surface area contributed by atoms with Crippen molar-refractivity contribution in [2.75, 3.05) is 12.4 Å². The molecule has 1 aromatic carbocycles. The Morgan fingerprint density at radius 3 is 2.86 bits per heavy atom. The summed E-state index contributed by atoms with van der Waals surface area (Å²) in [6.45, 7) is 2.65. The van der Waals surface area contributed by atoms with E-state index in [1.807, 2.05) is 25.3 Å². The van der Waals surface area contributed by atoms with Crippen LogP contribution in [0.5, 0.6) is 5.75 Å². The molecule has 0 atom stereocenters. The van der Waals surface area contributed by atoms with Crippen molar-refractivity contribution in [2.24, 2.45) is 0 Å². The van der Waals surface area contributed by atoms with Crippen LogP contribution >= 0.6 is 0 Å². The minimum atomic E-state index is 0.689. The van der Waals surface area contributed by atoms with E-state index in [4.69, 9.17) is 4.74 Å². The first-order valence-corrected chi connectivity index (χ1v) is 6.85. The van der Waals surface area contributed by atoms with Crippen LogP contribution in [-0.2, 0) is 6.54 Å². The van der Waals surface area contributed by atoms with Crippen LogP contribution in [0.4, 0.5) is 5.69 Å². The predicted octanol–water partition coefficient (Wildman–Crippen LogP) is 3.56. The maximum absolute atomic E-state index is 5.34. The van der Waals surface area contributed by atoms with Crippen LogP contribution in [0.3, 0.4) is 0 Å². The number of methoxy groups -OCH3 is 1. The van der Waals surface area contributed by atoms with E-state index in [0.29, 0.717) is 6.54 Å². The summed E-state index contributed by atoms with van der Waals surface area (Å²) in [5.41, 5.74) is 4.08. The molecule has 0 spiro atoms. The van der Waals surface area contributed by atoms with Gasteiger partial charge in [-0.05, 0) is 24.6 Å². The molecular weight excluding hydrogens is 262 g/mol. The van der Waals surface area contributed by atoms with Crippen molar-refractivity contribution >= 4 is 16.6 Å². The number of nitrogens with one attached hydrogen (secondary N) is 1.